The molecule has 0 bridgehead atoms. The van der Waals surface area contributed by atoms with Crippen LogP contribution in [0, 0.1) is 0 Å². The third-order valence-electron chi connectivity index (χ3n) is 4.97. The molecule has 1 aromatic heterocycles. The molecular weight excluding hydrogens is 426 g/mol. The van der Waals surface area contributed by atoms with E-state index in [-0.39, 0.29) is 6.54 Å². The van der Waals surface area contributed by atoms with Crippen LogP contribution in [0.3, 0.4) is 0 Å². The number of aromatic nitrogens is 1. The summed E-state index contributed by atoms with van der Waals surface area (Å²) in [6, 6.07) is 4.71. The molecule has 150 valence electrons. The van der Waals surface area contributed by atoms with Crippen molar-refractivity contribution in [1.29, 1.82) is 0 Å². The van der Waals surface area contributed by atoms with E-state index in [1.54, 1.807) is 10.8 Å². The molecule has 1 aliphatic rings. The van der Waals surface area contributed by atoms with Gasteiger partial charge in [-0.2, -0.15) is 0 Å². The zero-order valence-corrected chi connectivity index (χ0v) is 17.4. The molecule has 8 heteroatoms. The van der Waals surface area contributed by atoms with Crippen molar-refractivity contribution in [2.24, 2.45) is 0 Å². The number of nitrogens with zero attached hydrogens (tertiary/aromatic N) is 3. The van der Waals surface area contributed by atoms with Gasteiger partial charge in [-0.3, -0.25) is 19.4 Å². The number of fused-ring (bicyclic) bond motifs is 1. The van der Waals surface area contributed by atoms with Crippen molar-refractivity contribution in [3.8, 4) is 0 Å². The van der Waals surface area contributed by atoms with Gasteiger partial charge in [0.2, 0.25) is 0 Å². The summed E-state index contributed by atoms with van der Waals surface area (Å²) >= 11 is 3.41. The van der Waals surface area contributed by atoms with E-state index in [4.69, 9.17) is 0 Å². The van der Waals surface area contributed by atoms with Gasteiger partial charge in [-0.25, -0.2) is 0 Å². The highest BCUT2D eigenvalue weighted by Crippen LogP contribution is 2.33. The van der Waals surface area contributed by atoms with Gasteiger partial charge in [-0.1, -0.05) is 34.1 Å². The van der Waals surface area contributed by atoms with Gasteiger partial charge >= 0.3 is 11.9 Å². The molecule has 2 heterocycles. The van der Waals surface area contributed by atoms with E-state index in [9.17, 15) is 19.8 Å². The summed E-state index contributed by atoms with van der Waals surface area (Å²) in [7, 11) is 0. The van der Waals surface area contributed by atoms with E-state index >= 15 is 0 Å². The minimum Gasteiger partial charge on any atom is -0.480 e. The average Bonchev–Trinajstić information content (AvgIpc) is 2.92. The Labute approximate surface area is 172 Å². The Balaban J connectivity index is 1.95. The van der Waals surface area contributed by atoms with Crippen LogP contribution in [0.4, 0.5) is 0 Å². The van der Waals surface area contributed by atoms with Gasteiger partial charge in [-0.05, 0) is 19.1 Å². The summed E-state index contributed by atoms with van der Waals surface area (Å²) in [5.74, 6) is -1.89. The maximum Gasteiger partial charge on any atom is 0.325 e. The minimum absolute atomic E-state index is 0.217. The van der Waals surface area contributed by atoms with E-state index in [0.717, 1.165) is 35.1 Å². The number of hydrogen-bond acceptors (Lipinski definition) is 4. The monoisotopic (exact) mass is 449 g/mol. The van der Waals surface area contributed by atoms with E-state index in [1.165, 1.54) is 0 Å². The Morgan fingerprint density at radius 2 is 1.86 bits per heavy atom. The van der Waals surface area contributed by atoms with E-state index < -0.39 is 18.0 Å². The normalized spacial score (nSPS) is 16.9. The standard InChI is InChI=1S/C20H24BrN3O4/c1-13(2)10-22-5-7-23(8-6-22)19(20(27)28)16-11-24(12-18(25)26)17-9-14(21)3-4-15(16)17/h3-4,9,11,19H,1,5-8,10,12H2,2H3,(H,25,26)(H,27,28)/t19-/m0/s1. The second-order valence-corrected chi connectivity index (χ2v) is 8.19. The number of hydrogen-bond donors (Lipinski definition) is 2. The van der Waals surface area contributed by atoms with Gasteiger partial charge in [0.15, 0.2) is 0 Å². The molecule has 0 radical (unpaired) electrons. The van der Waals surface area contributed by atoms with Gasteiger partial charge < -0.3 is 14.8 Å². The summed E-state index contributed by atoms with van der Waals surface area (Å²) in [6.07, 6.45) is 1.67. The van der Waals surface area contributed by atoms with E-state index in [0.29, 0.717) is 24.2 Å². The number of halogens is 1. The van der Waals surface area contributed by atoms with Crippen molar-refractivity contribution >= 4 is 38.8 Å². The van der Waals surface area contributed by atoms with Gasteiger partial charge in [0.25, 0.3) is 0 Å². The number of carboxylic acids is 2. The number of piperazine rings is 1. The molecule has 1 aliphatic heterocycles. The third-order valence-corrected chi connectivity index (χ3v) is 5.47. The molecule has 1 aromatic carbocycles. The first kappa shape index (κ1) is 20.6. The van der Waals surface area contributed by atoms with Crippen LogP contribution in [-0.4, -0.2) is 69.2 Å². The van der Waals surface area contributed by atoms with Gasteiger partial charge in [0, 0.05) is 54.3 Å². The molecule has 1 saturated heterocycles. The highest BCUT2D eigenvalue weighted by Gasteiger charge is 2.32. The summed E-state index contributed by atoms with van der Waals surface area (Å²) in [6.45, 7) is 9.34. The molecule has 1 fully saturated rings. The van der Waals surface area contributed by atoms with Crippen molar-refractivity contribution < 1.29 is 19.8 Å². The topological polar surface area (TPSA) is 86.0 Å². The maximum atomic E-state index is 12.2. The van der Waals surface area contributed by atoms with Crippen molar-refractivity contribution in [3.05, 3.63) is 46.6 Å². The first-order valence-corrected chi connectivity index (χ1v) is 9.89. The van der Waals surface area contributed by atoms with Crippen LogP contribution in [-0.2, 0) is 16.1 Å². The Hall–Kier alpha value is -2.16. The minimum atomic E-state index is -0.969. The number of carboxylic acid groups (broad SMARTS) is 2. The molecule has 3 rings (SSSR count). The Morgan fingerprint density at radius 1 is 1.18 bits per heavy atom. The average molecular weight is 450 g/mol. The quantitative estimate of drug-likeness (QED) is 0.632. The molecule has 1 atom stereocenters. The number of rotatable bonds is 7. The van der Waals surface area contributed by atoms with Crippen LogP contribution in [0.1, 0.15) is 18.5 Å². The predicted molar refractivity (Wildman–Crippen MR) is 110 cm³/mol. The number of benzene rings is 1. The van der Waals surface area contributed by atoms with Crippen LogP contribution >= 0.6 is 15.9 Å². The summed E-state index contributed by atoms with van der Waals surface area (Å²) in [5.41, 5.74) is 2.43. The fourth-order valence-corrected chi connectivity index (χ4v) is 4.18. The fraction of sp³-hybridized carbons (Fsp3) is 0.400. The first-order chi connectivity index (χ1) is 13.3. The maximum absolute atomic E-state index is 12.2. The lowest BCUT2D eigenvalue weighted by Gasteiger charge is -2.37. The van der Waals surface area contributed by atoms with Gasteiger partial charge in [-0.15, -0.1) is 0 Å². The molecule has 0 saturated carbocycles. The molecule has 7 nitrogen and oxygen atoms in total. The predicted octanol–water partition coefficient (Wildman–Crippen LogP) is 2.81. The molecule has 28 heavy (non-hydrogen) atoms. The zero-order chi connectivity index (χ0) is 20.4. The second-order valence-electron chi connectivity index (χ2n) is 7.28. The summed E-state index contributed by atoms with van der Waals surface area (Å²) < 4.78 is 2.42. The molecule has 2 N–H and O–H groups in total. The lowest BCUT2D eigenvalue weighted by molar-refractivity contribution is -0.144. The summed E-state index contributed by atoms with van der Waals surface area (Å²) in [4.78, 5) is 27.7. The van der Waals surface area contributed by atoms with Gasteiger partial charge in [0.05, 0.1) is 5.52 Å². The van der Waals surface area contributed by atoms with Crippen molar-refractivity contribution in [1.82, 2.24) is 14.4 Å². The smallest absolute Gasteiger partial charge is 0.325 e. The van der Waals surface area contributed by atoms with Gasteiger partial charge in [0.1, 0.15) is 12.6 Å². The number of aliphatic carboxylic acids is 2. The van der Waals surface area contributed by atoms with Crippen LogP contribution in [0.2, 0.25) is 0 Å². The Kier molecular flexibility index (Phi) is 6.22. The highest BCUT2D eigenvalue weighted by molar-refractivity contribution is 9.10. The lowest BCUT2D eigenvalue weighted by atomic mass is 10.0. The van der Waals surface area contributed by atoms with Crippen LogP contribution in [0.5, 0.6) is 0 Å². The van der Waals surface area contributed by atoms with Crippen molar-refractivity contribution in [2.75, 3.05) is 32.7 Å². The zero-order valence-electron chi connectivity index (χ0n) is 15.8. The highest BCUT2D eigenvalue weighted by atomic mass is 79.9. The SMILES string of the molecule is C=C(C)CN1CCN([C@H](C(=O)O)c2cn(CC(=O)O)c3cc(Br)ccc23)CC1. The fourth-order valence-electron chi connectivity index (χ4n) is 3.84. The van der Waals surface area contributed by atoms with Crippen LogP contribution in [0.25, 0.3) is 10.9 Å². The largest absolute Gasteiger partial charge is 0.480 e. The van der Waals surface area contributed by atoms with Crippen LogP contribution in [0.15, 0.2) is 41.0 Å². The molecule has 0 aliphatic carbocycles. The molecule has 0 amide bonds. The van der Waals surface area contributed by atoms with E-state index in [2.05, 4.69) is 27.4 Å². The first-order valence-electron chi connectivity index (χ1n) is 9.10. The van der Waals surface area contributed by atoms with Crippen molar-refractivity contribution in [2.45, 2.75) is 19.5 Å². The van der Waals surface area contributed by atoms with E-state index in [1.807, 2.05) is 30.0 Å². The third kappa shape index (κ3) is 4.45. The number of carbonyl (C=O) groups is 2. The molecule has 2 aromatic rings. The summed E-state index contributed by atoms with van der Waals surface area (Å²) in [5, 5.41) is 20.0. The molecular formula is C20H24BrN3O4. The Morgan fingerprint density at radius 3 is 2.43 bits per heavy atom. The Bertz CT molecular complexity index is 916. The molecule has 0 unspecified atom stereocenters. The molecule has 0 spiro atoms. The van der Waals surface area contributed by atoms with Crippen molar-refractivity contribution in [3.63, 3.8) is 0 Å². The van der Waals surface area contributed by atoms with Crippen LogP contribution < -0.4 is 0 Å². The lowest BCUT2D eigenvalue weighted by Crippen LogP contribution is -2.49. The second kappa shape index (κ2) is 8.46.